The lowest BCUT2D eigenvalue weighted by atomic mass is 9.95. The molecular formula is C14H14O2. The molecule has 2 rings (SSSR count). The number of rotatable bonds is 1. The first-order chi connectivity index (χ1) is 7.58. The third-order valence-corrected chi connectivity index (χ3v) is 2.67. The van der Waals surface area contributed by atoms with Gasteiger partial charge in [0.05, 0.1) is 0 Å². The normalized spacial score (nSPS) is 10.4. The Kier molecular flexibility index (Phi) is 2.57. The second-order valence-electron chi connectivity index (χ2n) is 4.00. The lowest BCUT2D eigenvalue weighted by Crippen LogP contribution is -1.87. The number of hydrogen-bond acceptors (Lipinski definition) is 2. The smallest absolute Gasteiger partial charge is 0.116 e. The minimum absolute atomic E-state index is 0.262. The van der Waals surface area contributed by atoms with Gasteiger partial charge in [-0.25, -0.2) is 0 Å². The van der Waals surface area contributed by atoms with E-state index < -0.39 is 0 Å². The van der Waals surface area contributed by atoms with Gasteiger partial charge >= 0.3 is 0 Å². The molecule has 0 saturated heterocycles. The quantitative estimate of drug-likeness (QED) is 0.764. The maximum Gasteiger partial charge on any atom is 0.116 e. The third-order valence-electron chi connectivity index (χ3n) is 2.67. The third kappa shape index (κ3) is 1.87. The number of benzene rings is 2. The Balaban J connectivity index is 2.60. The van der Waals surface area contributed by atoms with Crippen LogP contribution in [0, 0.1) is 13.8 Å². The van der Waals surface area contributed by atoms with Gasteiger partial charge in [0.15, 0.2) is 0 Å². The molecule has 0 radical (unpaired) electrons. The van der Waals surface area contributed by atoms with Gasteiger partial charge in [0, 0.05) is 0 Å². The van der Waals surface area contributed by atoms with E-state index in [0.29, 0.717) is 0 Å². The first-order valence-corrected chi connectivity index (χ1v) is 5.17. The van der Waals surface area contributed by atoms with Crippen LogP contribution in [-0.2, 0) is 0 Å². The van der Waals surface area contributed by atoms with Crippen LogP contribution in [0.15, 0.2) is 36.4 Å². The van der Waals surface area contributed by atoms with Gasteiger partial charge < -0.3 is 10.2 Å². The number of phenolic OH excluding ortho intramolecular Hbond substituents is 2. The molecule has 2 aromatic rings. The fourth-order valence-corrected chi connectivity index (χ4v) is 2.02. The summed E-state index contributed by atoms with van der Waals surface area (Å²) in [6.45, 7) is 3.93. The second-order valence-corrected chi connectivity index (χ2v) is 4.00. The minimum Gasteiger partial charge on any atom is -0.508 e. The van der Waals surface area contributed by atoms with E-state index in [1.807, 2.05) is 26.0 Å². The minimum atomic E-state index is 0.262. The molecule has 0 atom stereocenters. The molecule has 0 aliphatic carbocycles. The molecule has 0 aliphatic rings. The number of hydrogen-bond donors (Lipinski definition) is 2. The van der Waals surface area contributed by atoms with Gasteiger partial charge in [-0.1, -0.05) is 12.1 Å². The Hall–Kier alpha value is -1.96. The van der Waals surface area contributed by atoms with Crippen molar-refractivity contribution in [1.29, 1.82) is 0 Å². The van der Waals surface area contributed by atoms with Crippen molar-refractivity contribution < 1.29 is 10.2 Å². The number of aromatic hydroxyl groups is 2. The van der Waals surface area contributed by atoms with Crippen molar-refractivity contribution in [3.05, 3.63) is 47.5 Å². The average molecular weight is 214 g/mol. The molecule has 0 amide bonds. The molecular weight excluding hydrogens is 200 g/mol. The summed E-state index contributed by atoms with van der Waals surface area (Å²) in [5, 5.41) is 18.7. The Bertz CT molecular complexity index is 490. The second kappa shape index (κ2) is 3.89. The molecule has 2 N–H and O–H groups in total. The van der Waals surface area contributed by atoms with Crippen LogP contribution < -0.4 is 0 Å². The maximum atomic E-state index is 9.47. The summed E-state index contributed by atoms with van der Waals surface area (Å²) in [6, 6.07) is 10.6. The van der Waals surface area contributed by atoms with Gasteiger partial charge in [-0.3, -0.25) is 0 Å². The standard InChI is InChI=1S/C14H14O2/c1-9-7-13(16)8-10(2)14(9)11-3-5-12(15)6-4-11/h3-8,15-16H,1-2H3. The largest absolute Gasteiger partial charge is 0.508 e. The zero-order valence-corrected chi connectivity index (χ0v) is 9.36. The molecule has 0 saturated carbocycles. The molecule has 0 fully saturated rings. The monoisotopic (exact) mass is 214 g/mol. The molecule has 0 bridgehead atoms. The van der Waals surface area contributed by atoms with Crippen molar-refractivity contribution in [3.8, 4) is 22.6 Å². The van der Waals surface area contributed by atoms with E-state index in [0.717, 1.165) is 22.3 Å². The molecule has 0 aliphatic heterocycles. The Morgan fingerprint density at radius 1 is 0.750 bits per heavy atom. The first kappa shape index (κ1) is 10.6. The molecule has 16 heavy (non-hydrogen) atoms. The summed E-state index contributed by atoms with van der Waals surface area (Å²) in [7, 11) is 0. The van der Waals surface area contributed by atoms with Crippen LogP contribution in [0.2, 0.25) is 0 Å². The molecule has 2 nitrogen and oxygen atoms in total. The highest BCUT2D eigenvalue weighted by Crippen LogP contribution is 2.31. The van der Waals surface area contributed by atoms with Crippen LogP contribution in [0.25, 0.3) is 11.1 Å². The van der Waals surface area contributed by atoms with Crippen LogP contribution >= 0.6 is 0 Å². The van der Waals surface area contributed by atoms with Gasteiger partial charge in [-0.05, 0) is 60.4 Å². The van der Waals surface area contributed by atoms with Gasteiger partial charge in [-0.2, -0.15) is 0 Å². The van der Waals surface area contributed by atoms with Gasteiger partial charge in [0.1, 0.15) is 11.5 Å². The lowest BCUT2D eigenvalue weighted by molar-refractivity contribution is 0.474. The number of aryl methyl sites for hydroxylation is 2. The van der Waals surface area contributed by atoms with Gasteiger partial charge in [-0.15, -0.1) is 0 Å². The predicted octanol–water partition coefficient (Wildman–Crippen LogP) is 3.38. The lowest BCUT2D eigenvalue weighted by Gasteiger charge is -2.10. The van der Waals surface area contributed by atoms with E-state index in [2.05, 4.69) is 0 Å². The van der Waals surface area contributed by atoms with Crippen molar-refractivity contribution in [2.24, 2.45) is 0 Å². The summed E-state index contributed by atoms with van der Waals surface area (Å²) in [5.41, 5.74) is 4.22. The Labute approximate surface area is 94.8 Å². The molecule has 2 aromatic carbocycles. The summed E-state index contributed by atoms with van der Waals surface area (Å²) >= 11 is 0. The number of phenols is 2. The summed E-state index contributed by atoms with van der Waals surface area (Å²) in [4.78, 5) is 0. The highest BCUT2D eigenvalue weighted by atomic mass is 16.3. The zero-order valence-electron chi connectivity index (χ0n) is 9.36. The van der Waals surface area contributed by atoms with Crippen molar-refractivity contribution in [2.75, 3.05) is 0 Å². The van der Waals surface area contributed by atoms with Crippen molar-refractivity contribution in [3.63, 3.8) is 0 Å². The molecule has 0 heterocycles. The molecule has 2 heteroatoms. The summed E-state index contributed by atoms with van der Waals surface area (Å²) in [5.74, 6) is 0.551. The summed E-state index contributed by atoms with van der Waals surface area (Å²) < 4.78 is 0. The van der Waals surface area contributed by atoms with E-state index >= 15 is 0 Å². The highest BCUT2D eigenvalue weighted by Gasteiger charge is 2.07. The molecule has 0 spiro atoms. The molecule has 0 aromatic heterocycles. The fourth-order valence-electron chi connectivity index (χ4n) is 2.02. The van der Waals surface area contributed by atoms with Gasteiger partial charge in [0.25, 0.3) is 0 Å². The molecule has 82 valence electrons. The first-order valence-electron chi connectivity index (χ1n) is 5.17. The van der Waals surface area contributed by atoms with Crippen LogP contribution in [0.4, 0.5) is 0 Å². The Morgan fingerprint density at radius 3 is 1.75 bits per heavy atom. The van der Waals surface area contributed by atoms with E-state index in [-0.39, 0.29) is 11.5 Å². The van der Waals surface area contributed by atoms with Crippen molar-refractivity contribution >= 4 is 0 Å². The van der Waals surface area contributed by atoms with Gasteiger partial charge in [0.2, 0.25) is 0 Å². The van der Waals surface area contributed by atoms with E-state index in [4.69, 9.17) is 0 Å². The van der Waals surface area contributed by atoms with E-state index in [1.165, 1.54) is 0 Å². The maximum absolute atomic E-state index is 9.47. The SMILES string of the molecule is Cc1cc(O)cc(C)c1-c1ccc(O)cc1. The van der Waals surface area contributed by atoms with Crippen LogP contribution in [0.3, 0.4) is 0 Å². The van der Waals surface area contributed by atoms with Crippen LogP contribution in [0.5, 0.6) is 11.5 Å². The van der Waals surface area contributed by atoms with E-state index in [9.17, 15) is 10.2 Å². The predicted molar refractivity (Wildman–Crippen MR) is 64.7 cm³/mol. The van der Waals surface area contributed by atoms with E-state index in [1.54, 1.807) is 24.3 Å². The fraction of sp³-hybridized carbons (Fsp3) is 0.143. The zero-order chi connectivity index (χ0) is 11.7. The molecule has 0 unspecified atom stereocenters. The van der Waals surface area contributed by atoms with Crippen LogP contribution in [-0.4, -0.2) is 10.2 Å². The van der Waals surface area contributed by atoms with Crippen LogP contribution in [0.1, 0.15) is 11.1 Å². The average Bonchev–Trinajstić information content (AvgIpc) is 2.19. The van der Waals surface area contributed by atoms with Crippen molar-refractivity contribution in [1.82, 2.24) is 0 Å². The summed E-state index contributed by atoms with van der Waals surface area (Å²) in [6.07, 6.45) is 0. The topological polar surface area (TPSA) is 40.5 Å². The van der Waals surface area contributed by atoms with Crippen molar-refractivity contribution in [2.45, 2.75) is 13.8 Å². The Morgan fingerprint density at radius 2 is 1.25 bits per heavy atom. The highest BCUT2D eigenvalue weighted by molar-refractivity contribution is 5.72.